The monoisotopic (exact) mass is 630 g/mol. The number of fused-ring (bicyclic) bond motifs is 3. The highest BCUT2D eigenvalue weighted by atomic mass is 35.5. The van der Waals surface area contributed by atoms with Gasteiger partial charge in [0, 0.05) is 23.1 Å². The first-order valence-electron chi connectivity index (χ1n) is 13.0. The number of likely N-dealkylation sites (tertiary alicyclic amines) is 1. The van der Waals surface area contributed by atoms with E-state index in [1.54, 1.807) is 0 Å². The van der Waals surface area contributed by atoms with Crippen molar-refractivity contribution >= 4 is 59.6 Å². The van der Waals surface area contributed by atoms with Crippen LogP contribution in [0.4, 0.5) is 10.1 Å². The first-order valence-corrected chi connectivity index (χ1v) is 13.0. The highest BCUT2D eigenvalue weighted by Crippen LogP contribution is 2.53. The summed E-state index contributed by atoms with van der Waals surface area (Å²) in [6.07, 6.45) is 1.56. The lowest BCUT2D eigenvalue weighted by Gasteiger charge is -2.50. The Labute approximate surface area is 252 Å². The number of ketones is 2. The molecule has 0 aromatic heterocycles. The number of carbonyl (C=O) groups is 4. The molecule has 1 saturated heterocycles. The summed E-state index contributed by atoms with van der Waals surface area (Å²) in [5.74, 6) is -9.61. The maximum atomic E-state index is 15.4. The molecule has 12 nitrogen and oxygen atoms in total. The molecule has 0 spiro atoms. The Bertz CT molecular complexity index is 1420. The fourth-order valence-electron chi connectivity index (χ4n) is 6.69. The van der Waals surface area contributed by atoms with E-state index in [0.29, 0.717) is 0 Å². The standard InChI is InChI=1S/C27H31FN4O8.2ClH/c1-31(2)20-13-8-11-7-12-14(28)9-15(30-16(33)10-32-5-3-4-6-32)21(34)18(12)22(35)17(11)24(37)27(13,40)25(38)19(23(20)36)26(29)39;;/h9,11,13,20,34-35,38,40H,3-8,10H2,1-2H3,(H2,29,39)(H,30,33);2*1H/t11-,13-,20-,27-;;/m0../s1. The Morgan fingerprint density at radius 1 is 1.17 bits per heavy atom. The van der Waals surface area contributed by atoms with Crippen LogP contribution in [-0.2, 0) is 25.6 Å². The number of aliphatic hydroxyl groups excluding tert-OH is 2. The van der Waals surface area contributed by atoms with Gasteiger partial charge in [-0.25, -0.2) is 4.39 Å². The van der Waals surface area contributed by atoms with Crippen LogP contribution in [0.1, 0.15) is 30.4 Å². The molecule has 7 N–H and O–H groups in total. The number of anilines is 1. The van der Waals surface area contributed by atoms with Crippen LogP contribution in [-0.4, -0.2) is 99.0 Å². The average Bonchev–Trinajstić information content (AvgIpc) is 3.37. The molecule has 1 aliphatic heterocycles. The quantitative estimate of drug-likeness (QED) is 0.202. The molecule has 4 aliphatic rings. The summed E-state index contributed by atoms with van der Waals surface area (Å²) in [5, 5.41) is 47.2. The molecular weight excluding hydrogens is 598 g/mol. The third-order valence-corrected chi connectivity index (χ3v) is 8.51. The van der Waals surface area contributed by atoms with Gasteiger partial charge in [-0.05, 0) is 58.8 Å². The number of nitrogens with zero attached hydrogens (tertiary/aromatic N) is 2. The third kappa shape index (κ3) is 4.92. The van der Waals surface area contributed by atoms with E-state index >= 15 is 4.39 Å². The van der Waals surface area contributed by atoms with E-state index in [4.69, 9.17) is 5.73 Å². The Kier molecular flexibility index (Phi) is 9.35. The molecule has 2 amide bonds. The molecule has 0 unspecified atom stereocenters. The van der Waals surface area contributed by atoms with Crippen molar-refractivity contribution in [2.24, 2.45) is 17.6 Å². The van der Waals surface area contributed by atoms with E-state index in [1.807, 2.05) is 4.90 Å². The highest BCUT2D eigenvalue weighted by molar-refractivity contribution is 6.24. The van der Waals surface area contributed by atoms with E-state index < -0.39 is 86.7 Å². The van der Waals surface area contributed by atoms with Crippen molar-refractivity contribution in [3.8, 4) is 5.75 Å². The lowest BCUT2D eigenvalue weighted by Crippen LogP contribution is -2.65. The van der Waals surface area contributed by atoms with Crippen LogP contribution < -0.4 is 11.1 Å². The number of hydrogen-bond donors (Lipinski definition) is 6. The molecule has 4 atom stereocenters. The summed E-state index contributed by atoms with van der Waals surface area (Å²) in [7, 11) is 2.98. The average molecular weight is 631 g/mol. The number of likely N-dealkylation sites (N-methyl/N-ethyl adjacent to an activating group) is 1. The van der Waals surface area contributed by atoms with Crippen molar-refractivity contribution < 1.29 is 44.0 Å². The minimum atomic E-state index is -2.79. The molecule has 5 rings (SSSR count). The van der Waals surface area contributed by atoms with Gasteiger partial charge in [-0.2, -0.15) is 0 Å². The van der Waals surface area contributed by atoms with Gasteiger partial charge in [-0.3, -0.25) is 29.0 Å². The number of Topliss-reactive ketones (excluding diaryl/α,β-unsaturated/α-hetero) is 2. The lowest BCUT2D eigenvalue weighted by molar-refractivity contribution is -0.153. The van der Waals surface area contributed by atoms with Crippen molar-refractivity contribution in [1.82, 2.24) is 9.80 Å². The number of amides is 2. The number of nitrogens with one attached hydrogen (secondary N) is 1. The van der Waals surface area contributed by atoms with Crippen LogP contribution in [0, 0.1) is 17.7 Å². The van der Waals surface area contributed by atoms with Crippen molar-refractivity contribution in [1.29, 1.82) is 0 Å². The maximum absolute atomic E-state index is 15.4. The zero-order chi connectivity index (χ0) is 29.3. The second-order valence-electron chi connectivity index (χ2n) is 11.1. The molecule has 3 aliphatic carbocycles. The summed E-state index contributed by atoms with van der Waals surface area (Å²) in [6, 6.07) is -0.292. The predicted molar refractivity (Wildman–Crippen MR) is 153 cm³/mol. The number of primary amides is 1. The highest BCUT2D eigenvalue weighted by Gasteiger charge is 2.64. The van der Waals surface area contributed by atoms with Gasteiger partial charge in [0.05, 0.1) is 23.8 Å². The number of nitrogens with two attached hydrogens (primary N) is 1. The van der Waals surface area contributed by atoms with E-state index in [2.05, 4.69) is 5.32 Å². The summed E-state index contributed by atoms with van der Waals surface area (Å²) in [6.45, 7) is 1.49. The fourth-order valence-corrected chi connectivity index (χ4v) is 6.69. The minimum absolute atomic E-state index is 0. The first kappa shape index (κ1) is 33.3. The van der Waals surface area contributed by atoms with Gasteiger partial charge in [0.2, 0.25) is 11.7 Å². The molecule has 0 bridgehead atoms. The number of rotatable bonds is 5. The summed E-state index contributed by atoms with van der Waals surface area (Å²) in [4.78, 5) is 54.8. The molecule has 0 radical (unpaired) electrons. The number of phenols is 1. The van der Waals surface area contributed by atoms with Crippen molar-refractivity contribution in [3.05, 3.63) is 39.9 Å². The van der Waals surface area contributed by atoms with Crippen LogP contribution >= 0.6 is 24.8 Å². The van der Waals surface area contributed by atoms with Crippen LogP contribution in [0.3, 0.4) is 0 Å². The topological polar surface area (TPSA) is 194 Å². The van der Waals surface area contributed by atoms with E-state index in [-0.39, 0.29) is 55.5 Å². The van der Waals surface area contributed by atoms with E-state index in [9.17, 15) is 39.6 Å². The number of carbonyl (C=O) groups excluding carboxylic acids is 4. The molecule has 1 saturated carbocycles. The SMILES string of the molecule is CN(C)[C@@H]1C(=O)C(C(N)=O)=C(O)[C@@]2(O)C(=O)C3=C(O)c4c(O)c(NC(=O)CN5CCCC5)cc(F)c4C[C@H]3C[C@@H]12.Cl.Cl. The van der Waals surface area contributed by atoms with Gasteiger partial charge in [0.15, 0.2) is 17.1 Å². The van der Waals surface area contributed by atoms with Gasteiger partial charge in [-0.15, -0.1) is 24.8 Å². The minimum Gasteiger partial charge on any atom is -0.508 e. The van der Waals surface area contributed by atoms with E-state index in [0.717, 1.165) is 32.0 Å². The van der Waals surface area contributed by atoms with Crippen LogP contribution in [0.5, 0.6) is 5.75 Å². The summed E-state index contributed by atoms with van der Waals surface area (Å²) >= 11 is 0. The molecule has 2 fully saturated rings. The van der Waals surface area contributed by atoms with Crippen molar-refractivity contribution in [2.45, 2.75) is 37.3 Å². The molecule has 1 aromatic carbocycles. The Hall–Kier alpha value is -3.23. The Morgan fingerprint density at radius 3 is 2.36 bits per heavy atom. The first-order chi connectivity index (χ1) is 18.8. The molecule has 1 aromatic rings. The zero-order valence-corrected chi connectivity index (χ0v) is 24.5. The largest absolute Gasteiger partial charge is 0.508 e. The number of halogens is 3. The lowest BCUT2D eigenvalue weighted by atomic mass is 9.57. The molecule has 42 heavy (non-hydrogen) atoms. The number of phenolic OH excluding ortho intramolecular Hbond substituents is 1. The van der Waals surface area contributed by atoms with Crippen LogP contribution in [0.2, 0.25) is 0 Å². The second-order valence-corrected chi connectivity index (χ2v) is 11.1. The van der Waals surface area contributed by atoms with Crippen molar-refractivity contribution in [3.63, 3.8) is 0 Å². The number of aromatic hydroxyl groups is 1. The van der Waals surface area contributed by atoms with Gasteiger partial charge >= 0.3 is 0 Å². The fraction of sp³-hybridized carbons (Fsp3) is 0.481. The number of benzene rings is 1. The second kappa shape index (κ2) is 11.8. The Balaban J connectivity index is 0.00000242. The number of hydrogen-bond acceptors (Lipinski definition) is 10. The predicted octanol–water partition coefficient (Wildman–Crippen LogP) is 0.981. The van der Waals surface area contributed by atoms with Gasteiger partial charge in [0.25, 0.3) is 5.91 Å². The van der Waals surface area contributed by atoms with Crippen LogP contribution in [0.15, 0.2) is 23.0 Å². The third-order valence-electron chi connectivity index (χ3n) is 8.51. The van der Waals surface area contributed by atoms with Gasteiger partial charge in [0.1, 0.15) is 22.9 Å². The summed E-state index contributed by atoms with van der Waals surface area (Å²) < 4.78 is 15.4. The van der Waals surface area contributed by atoms with Gasteiger partial charge < -0.3 is 31.5 Å². The molecule has 15 heteroatoms. The smallest absolute Gasteiger partial charge is 0.255 e. The normalized spacial score (nSPS) is 27.1. The molecule has 1 heterocycles. The van der Waals surface area contributed by atoms with Gasteiger partial charge in [-0.1, -0.05) is 0 Å². The number of aliphatic hydroxyl groups is 3. The Morgan fingerprint density at radius 2 is 1.79 bits per heavy atom. The van der Waals surface area contributed by atoms with E-state index in [1.165, 1.54) is 19.0 Å². The maximum Gasteiger partial charge on any atom is 0.255 e. The molecular formula is C27H33Cl2FN4O8. The zero-order valence-electron chi connectivity index (χ0n) is 22.8. The molecule has 230 valence electrons. The van der Waals surface area contributed by atoms with Crippen LogP contribution in [0.25, 0.3) is 5.76 Å². The van der Waals surface area contributed by atoms with Crippen molar-refractivity contribution in [2.75, 3.05) is 39.0 Å². The summed E-state index contributed by atoms with van der Waals surface area (Å²) in [5.41, 5.74) is 0.362.